The minimum atomic E-state index is 0.126. The summed E-state index contributed by atoms with van der Waals surface area (Å²) in [6.07, 6.45) is 0. The third-order valence-electron chi connectivity index (χ3n) is 1.79. The number of hydrogen-bond donors (Lipinski definition) is 2. The summed E-state index contributed by atoms with van der Waals surface area (Å²) in [6.45, 7) is 0. The van der Waals surface area contributed by atoms with Crippen LogP contribution in [-0.4, -0.2) is 22.0 Å². The molecule has 0 saturated heterocycles. The lowest BCUT2D eigenvalue weighted by Crippen LogP contribution is -2.15. The van der Waals surface area contributed by atoms with Gasteiger partial charge in [0.05, 0.1) is 5.00 Å². The Morgan fingerprint density at radius 2 is 1.87 bits per heavy atom. The van der Waals surface area contributed by atoms with Crippen LogP contribution in [0.15, 0.2) is 17.5 Å². The predicted molar refractivity (Wildman–Crippen MR) is 61.0 cm³/mol. The number of rotatable bonds is 2. The Morgan fingerprint density at radius 1 is 1.20 bits per heavy atom. The largest absolute Gasteiger partial charge is 0.368 e. The lowest BCUT2D eigenvalue weighted by molar-refractivity contribution is 1.01. The molecule has 2 rings (SSSR count). The Morgan fingerprint density at radius 3 is 2.40 bits per heavy atom. The van der Waals surface area contributed by atoms with Crippen LogP contribution in [0.3, 0.4) is 0 Å². The van der Waals surface area contributed by atoms with E-state index in [0.717, 1.165) is 5.00 Å². The van der Waals surface area contributed by atoms with Crippen molar-refractivity contribution in [3.8, 4) is 0 Å². The van der Waals surface area contributed by atoms with Crippen molar-refractivity contribution in [1.29, 1.82) is 0 Å². The molecule has 0 aliphatic rings. The minimum Gasteiger partial charge on any atom is -0.368 e. The first-order valence-electron chi connectivity index (χ1n) is 4.21. The van der Waals surface area contributed by atoms with Crippen LogP contribution in [0.2, 0.25) is 0 Å². The molecule has 78 valence electrons. The Balaban J connectivity index is 2.37. The van der Waals surface area contributed by atoms with Crippen LogP contribution in [-0.2, 0) is 0 Å². The third kappa shape index (κ3) is 1.96. The summed E-state index contributed by atoms with van der Waals surface area (Å²) in [5.41, 5.74) is 11.0. The molecule has 0 unspecified atom stereocenters. The topological polar surface area (TPSA) is 94.0 Å². The molecule has 2 aromatic rings. The highest BCUT2D eigenvalue weighted by atomic mass is 32.1. The third-order valence-corrected chi connectivity index (χ3v) is 2.74. The van der Waals surface area contributed by atoms with Crippen LogP contribution in [0.5, 0.6) is 0 Å². The van der Waals surface area contributed by atoms with Crippen molar-refractivity contribution in [2.75, 3.05) is 23.4 Å². The second-order valence-corrected chi connectivity index (χ2v) is 3.79. The molecule has 4 N–H and O–H groups in total. The fraction of sp³-hybridized carbons (Fsp3) is 0.125. The van der Waals surface area contributed by atoms with Gasteiger partial charge in [-0.1, -0.05) is 0 Å². The maximum absolute atomic E-state index is 5.49. The van der Waals surface area contributed by atoms with Gasteiger partial charge < -0.3 is 16.4 Å². The fourth-order valence-electron chi connectivity index (χ4n) is 1.11. The number of nitrogens with zero attached hydrogens (tertiary/aromatic N) is 4. The van der Waals surface area contributed by atoms with Gasteiger partial charge in [-0.05, 0) is 17.5 Å². The van der Waals surface area contributed by atoms with E-state index in [4.69, 9.17) is 11.5 Å². The van der Waals surface area contributed by atoms with E-state index in [2.05, 4.69) is 15.0 Å². The number of hydrogen-bond acceptors (Lipinski definition) is 7. The average Bonchev–Trinajstić information content (AvgIpc) is 2.67. The molecular weight excluding hydrogens is 212 g/mol. The molecule has 0 spiro atoms. The number of thiophene rings is 1. The highest BCUT2D eigenvalue weighted by Crippen LogP contribution is 2.25. The van der Waals surface area contributed by atoms with E-state index in [9.17, 15) is 0 Å². The lowest BCUT2D eigenvalue weighted by atomic mass is 10.6. The molecule has 0 atom stereocenters. The van der Waals surface area contributed by atoms with Gasteiger partial charge in [0.25, 0.3) is 0 Å². The van der Waals surface area contributed by atoms with Gasteiger partial charge in [0, 0.05) is 7.05 Å². The van der Waals surface area contributed by atoms with Crippen LogP contribution in [0.25, 0.3) is 0 Å². The summed E-state index contributed by atoms with van der Waals surface area (Å²) in [5.74, 6) is 0.698. The molecule has 0 saturated carbocycles. The van der Waals surface area contributed by atoms with Crippen molar-refractivity contribution in [2.45, 2.75) is 0 Å². The zero-order valence-corrected chi connectivity index (χ0v) is 8.90. The van der Waals surface area contributed by atoms with Crippen LogP contribution in [0.4, 0.5) is 22.8 Å². The Hall–Kier alpha value is -1.89. The van der Waals surface area contributed by atoms with Crippen LogP contribution in [0, 0.1) is 0 Å². The first-order valence-corrected chi connectivity index (χ1v) is 5.09. The highest BCUT2D eigenvalue weighted by Gasteiger charge is 2.09. The van der Waals surface area contributed by atoms with Crippen molar-refractivity contribution in [2.24, 2.45) is 0 Å². The summed E-state index contributed by atoms with van der Waals surface area (Å²) in [6, 6.07) is 3.91. The standard InChI is InChI=1S/C8H10N6S/c1-14(5-3-2-4-15-5)8-12-6(9)11-7(10)13-8/h2-4H,1H3,(H4,9,10,11,12,13). The van der Waals surface area contributed by atoms with E-state index in [1.54, 1.807) is 16.2 Å². The van der Waals surface area contributed by atoms with Gasteiger partial charge in [0.1, 0.15) is 0 Å². The lowest BCUT2D eigenvalue weighted by Gasteiger charge is -2.14. The normalized spacial score (nSPS) is 10.2. The number of nitrogens with two attached hydrogens (primary N) is 2. The molecule has 0 amide bonds. The van der Waals surface area contributed by atoms with Crippen molar-refractivity contribution < 1.29 is 0 Å². The van der Waals surface area contributed by atoms with Gasteiger partial charge in [-0.2, -0.15) is 15.0 Å². The predicted octanol–water partition coefficient (Wildman–Crippen LogP) is 0.865. The molecule has 0 aliphatic carbocycles. The smallest absolute Gasteiger partial charge is 0.236 e. The minimum absolute atomic E-state index is 0.126. The zero-order chi connectivity index (χ0) is 10.8. The van der Waals surface area contributed by atoms with E-state index in [0.29, 0.717) is 5.95 Å². The summed E-state index contributed by atoms with van der Waals surface area (Å²) in [4.78, 5) is 13.5. The molecule has 2 heterocycles. The van der Waals surface area contributed by atoms with E-state index in [1.165, 1.54) is 0 Å². The first-order chi connectivity index (χ1) is 7.16. The van der Waals surface area contributed by atoms with E-state index >= 15 is 0 Å². The second kappa shape index (κ2) is 3.70. The molecule has 0 radical (unpaired) electrons. The van der Waals surface area contributed by atoms with Gasteiger partial charge >= 0.3 is 0 Å². The molecule has 15 heavy (non-hydrogen) atoms. The van der Waals surface area contributed by atoms with Crippen LogP contribution in [0.1, 0.15) is 0 Å². The molecule has 2 aromatic heterocycles. The summed E-state index contributed by atoms with van der Waals surface area (Å²) >= 11 is 1.58. The Bertz CT molecular complexity index is 434. The Kier molecular flexibility index (Phi) is 2.38. The van der Waals surface area contributed by atoms with E-state index in [1.807, 2.05) is 24.6 Å². The van der Waals surface area contributed by atoms with E-state index in [-0.39, 0.29) is 11.9 Å². The van der Waals surface area contributed by atoms with Gasteiger partial charge in [0.15, 0.2) is 0 Å². The maximum atomic E-state index is 5.49. The van der Waals surface area contributed by atoms with Crippen LogP contribution < -0.4 is 16.4 Å². The van der Waals surface area contributed by atoms with Crippen molar-refractivity contribution in [3.63, 3.8) is 0 Å². The Labute approximate surface area is 90.6 Å². The van der Waals surface area contributed by atoms with Crippen LogP contribution >= 0.6 is 11.3 Å². The van der Waals surface area contributed by atoms with Crippen molar-refractivity contribution in [1.82, 2.24) is 15.0 Å². The molecular formula is C8H10N6S. The van der Waals surface area contributed by atoms with Gasteiger partial charge in [0.2, 0.25) is 17.8 Å². The molecule has 0 bridgehead atoms. The quantitative estimate of drug-likeness (QED) is 0.782. The SMILES string of the molecule is CN(c1nc(N)nc(N)n1)c1cccs1. The van der Waals surface area contributed by atoms with Gasteiger partial charge in [-0.3, -0.25) is 0 Å². The molecule has 6 nitrogen and oxygen atoms in total. The number of aromatic nitrogens is 3. The fourth-order valence-corrected chi connectivity index (χ4v) is 1.80. The second-order valence-electron chi connectivity index (χ2n) is 2.86. The summed E-state index contributed by atoms with van der Waals surface area (Å²) in [7, 11) is 1.85. The molecule has 0 aliphatic heterocycles. The van der Waals surface area contributed by atoms with Crippen molar-refractivity contribution in [3.05, 3.63) is 17.5 Å². The first kappa shape index (κ1) is 9.66. The monoisotopic (exact) mass is 222 g/mol. The summed E-state index contributed by atoms with van der Waals surface area (Å²) in [5, 5.41) is 2.99. The van der Waals surface area contributed by atoms with E-state index < -0.39 is 0 Å². The molecule has 7 heteroatoms. The maximum Gasteiger partial charge on any atom is 0.236 e. The van der Waals surface area contributed by atoms with Crippen molar-refractivity contribution >= 4 is 34.2 Å². The zero-order valence-electron chi connectivity index (χ0n) is 8.08. The highest BCUT2D eigenvalue weighted by molar-refractivity contribution is 7.14. The number of anilines is 4. The summed E-state index contributed by atoms with van der Waals surface area (Å²) < 4.78 is 0. The van der Waals surface area contributed by atoms with Gasteiger partial charge in [-0.25, -0.2) is 0 Å². The molecule has 0 aromatic carbocycles. The molecule has 0 fully saturated rings. The average molecular weight is 222 g/mol. The van der Waals surface area contributed by atoms with Gasteiger partial charge in [-0.15, -0.1) is 11.3 Å². The number of nitrogen functional groups attached to an aromatic ring is 2.